The summed E-state index contributed by atoms with van der Waals surface area (Å²) in [7, 11) is 0. The highest BCUT2D eigenvalue weighted by molar-refractivity contribution is 7.10. The zero-order chi connectivity index (χ0) is 7.68. The Bertz CT molecular complexity index is 290. The van der Waals surface area contributed by atoms with Crippen molar-refractivity contribution in [1.82, 2.24) is 0 Å². The second kappa shape index (κ2) is 2.66. The Morgan fingerprint density at radius 3 is 3.18 bits per heavy atom. The van der Waals surface area contributed by atoms with Crippen LogP contribution in [0.25, 0.3) is 0 Å². The van der Waals surface area contributed by atoms with Crippen LogP contribution in [0.3, 0.4) is 0 Å². The van der Waals surface area contributed by atoms with Crippen molar-refractivity contribution in [3.8, 4) is 0 Å². The summed E-state index contributed by atoms with van der Waals surface area (Å²) in [5, 5.41) is 14.0. The van der Waals surface area contributed by atoms with Gasteiger partial charge in [-0.1, -0.05) is 5.16 Å². The van der Waals surface area contributed by atoms with E-state index in [1.807, 2.05) is 6.07 Å². The Balaban J connectivity index is 2.48. The van der Waals surface area contributed by atoms with Crippen LogP contribution in [-0.2, 0) is 6.42 Å². The lowest BCUT2D eigenvalue weighted by Gasteiger charge is -2.10. The molecule has 2 nitrogen and oxygen atoms in total. The maximum absolute atomic E-state index is 8.65. The van der Waals surface area contributed by atoms with Crippen molar-refractivity contribution < 1.29 is 5.21 Å². The normalized spacial score (nSPS) is 20.2. The third-order valence-corrected chi connectivity index (χ3v) is 2.98. The first kappa shape index (κ1) is 6.85. The molecule has 0 spiro atoms. The standard InChI is InChI=1S/C8H9NOS/c10-9-7-2-1-3-8-6(7)4-5-11-8/h4-5,10H,1-3H2. The molecule has 1 aromatic rings. The van der Waals surface area contributed by atoms with Crippen LogP contribution in [0, 0.1) is 0 Å². The fourth-order valence-electron chi connectivity index (χ4n) is 1.45. The highest BCUT2D eigenvalue weighted by atomic mass is 32.1. The van der Waals surface area contributed by atoms with Gasteiger partial charge in [0.15, 0.2) is 0 Å². The number of hydrogen-bond acceptors (Lipinski definition) is 3. The third-order valence-electron chi connectivity index (χ3n) is 1.99. The van der Waals surface area contributed by atoms with Crippen molar-refractivity contribution in [3.63, 3.8) is 0 Å². The van der Waals surface area contributed by atoms with E-state index in [4.69, 9.17) is 5.21 Å². The van der Waals surface area contributed by atoms with Crippen LogP contribution in [0.2, 0.25) is 0 Å². The summed E-state index contributed by atoms with van der Waals surface area (Å²) in [5.74, 6) is 0. The number of fused-ring (bicyclic) bond motifs is 1. The van der Waals surface area contributed by atoms with Gasteiger partial charge < -0.3 is 5.21 Å². The fourth-order valence-corrected chi connectivity index (χ4v) is 2.39. The maximum atomic E-state index is 8.65. The number of rotatable bonds is 0. The minimum atomic E-state index is 0.854. The molecule has 2 rings (SSSR count). The molecular formula is C8H9NOS. The van der Waals surface area contributed by atoms with E-state index in [0.29, 0.717) is 0 Å². The Labute approximate surface area is 69.2 Å². The van der Waals surface area contributed by atoms with Crippen molar-refractivity contribution in [2.75, 3.05) is 0 Å². The largest absolute Gasteiger partial charge is 0.411 e. The molecule has 1 N–H and O–H groups in total. The van der Waals surface area contributed by atoms with Gasteiger partial charge in [-0.25, -0.2) is 0 Å². The van der Waals surface area contributed by atoms with Gasteiger partial charge in [-0.3, -0.25) is 0 Å². The first-order valence-electron chi connectivity index (χ1n) is 3.69. The number of nitrogens with zero attached hydrogens (tertiary/aromatic N) is 1. The summed E-state index contributed by atoms with van der Waals surface area (Å²) in [6, 6.07) is 2.04. The topological polar surface area (TPSA) is 32.6 Å². The molecule has 1 heterocycles. The van der Waals surface area contributed by atoms with Crippen LogP contribution in [-0.4, -0.2) is 10.9 Å². The Morgan fingerprint density at radius 2 is 2.36 bits per heavy atom. The molecule has 0 saturated heterocycles. The summed E-state index contributed by atoms with van der Waals surface area (Å²) in [4.78, 5) is 1.36. The van der Waals surface area contributed by atoms with E-state index in [2.05, 4.69) is 10.5 Å². The van der Waals surface area contributed by atoms with Crippen LogP contribution in [0.4, 0.5) is 0 Å². The van der Waals surface area contributed by atoms with Gasteiger partial charge in [-0.05, 0) is 30.7 Å². The lowest BCUT2D eigenvalue weighted by atomic mass is 9.97. The number of oxime groups is 1. The highest BCUT2D eigenvalue weighted by Crippen LogP contribution is 2.26. The molecule has 0 aliphatic heterocycles. The van der Waals surface area contributed by atoms with Crippen molar-refractivity contribution >= 4 is 17.0 Å². The summed E-state index contributed by atoms with van der Waals surface area (Å²) in [6.07, 6.45) is 3.18. The predicted octanol–water partition coefficient (Wildman–Crippen LogP) is 2.26. The van der Waals surface area contributed by atoms with Gasteiger partial charge in [-0.2, -0.15) is 0 Å². The maximum Gasteiger partial charge on any atom is 0.0879 e. The van der Waals surface area contributed by atoms with E-state index in [1.165, 1.54) is 4.88 Å². The number of thiophene rings is 1. The number of aryl methyl sites for hydroxylation is 1. The Kier molecular flexibility index (Phi) is 1.66. The molecule has 0 fully saturated rings. The van der Waals surface area contributed by atoms with E-state index < -0.39 is 0 Å². The van der Waals surface area contributed by atoms with Crippen LogP contribution in [0.15, 0.2) is 16.6 Å². The lowest BCUT2D eigenvalue weighted by Crippen LogP contribution is -2.08. The quantitative estimate of drug-likeness (QED) is 0.466. The first-order chi connectivity index (χ1) is 5.42. The average Bonchev–Trinajstić information content (AvgIpc) is 2.50. The molecule has 0 amide bonds. The summed E-state index contributed by atoms with van der Waals surface area (Å²) >= 11 is 1.75. The van der Waals surface area contributed by atoms with Gasteiger partial charge in [0.1, 0.15) is 0 Å². The Hall–Kier alpha value is -0.830. The molecule has 1 aliphatic rings. The molecule has 0 bridgehead atoms. The highest BCUT2D eigenvalue weighted by Gasteiger charge is 2.16. The van der Waals surface area contributed by atoms with Gasteiger partial charge in [-0.15, -0.1) is 11.3 Å². The second-order valence-electron chi connectivity index (χ2n) is 2.66. The van der Waals surface area contributed by atoms with Crippen molar-refractivity contribution in [3.05, 3.63) is 21.9 Å². The Morgan fingerprint density at radius 1 is 1.45 bits per heavy atom. The van der Waals surface area contributed by atoms with E-state index in [9.17, 15) is 0 Å². The molecule has 1 aliphatic carbocycles. The molecule has 0 radical (unpaired) electrons. The molecular weight excluding hydrogens is 158 g/mol. The first-order valence-corrected chi connectivity index (χ1v) is 4.57. The molecule has 11 heavy (non-hydrogen) atoms. The van der Waals surface area contributed by atoms with Crippen LogP contribution >= 0.6 is 11.3 Å². The van der Waals surface area contributed by atoms with E-state index in [1.54, 1.807) is 11.3 Å². The van der Waals surface area contributed by atoms with E-state index in [0.717, 1.165) is 30.5 Å². The van der Waals surface area contributed by atoms with E-state index >= 15 is 0 Å². The minimum absolute atomic E-state index is 0.854. The van der Waals surface area contributed by atoms with Gasteiger partial charge in [0, 0.05) is 10.4 Å². The van der Waals surface area contributed by atoms with Gasteiger partial charge in [0.2, 0.25) is 0 Å². The van der Waals surface area contributed by atoms with Crippen LogP contribution in [0.1, 0.15) is 23.3 Å². The van der Waals surface area contributed by atoms with Gasteiger partial charge in [0.05, 0.1) is 5.71 Å². The molecule has 0 aromatic carbocycles. The third kappa shape index (κ3) is 1.05. The lowest BCUT2D eigenvalue weighted by molar-refractivity contribution is 0.317. The molecule has 3 heteroatoms. The SMILES string of the molecule is ON=C1CCCc2sccc21. The fraction of sp³-hybridized carbons (Fsp3) is 0.375. The monoisotopic (exact) mass is 167 g/mol. The predicted molar refractivity (Wildman–Crippen MR) is 45.6 cm³/mol. The second-order valence-corrected chi connectivity index (χ2v) is 3.66. The molecule has 58 valence electrons. The van der Waals surface area contributed by atoms with Gasteiger partial charge in [0.25, 0.3) is 0 Å². The minimum Gasteiger partial charge on any atom is -0.411 e. The van der Waals surface area contributed by atoms with Crippen LogP contribution < -0.4 is 0 Å². The number of hydrogen-bond donors (Lipinski definition) is 1. The summed E-state index contributed by atoms with van der Waals surface area (Å²) in [5.41, 5.74) is 2.01. The molecule has 1 aromatic heterocycles. The summed E-state index contributed by atoms with van der Waals surface area (Å²) < 4.78 is 0. The van der Waals surface area contributed by atoms with Gasteiger partial charge >= 0.3 is 0 Å². The molecule has 0 atom stereocenters. The van der Waals surface area contributed by atoms with Crippen molar-refractivity contribution in [2.24, 2.45) is 5.16 Å². The molecule has 0 saturated carbocycles. The summed E-state index contributed by atoms with van der Waals surface area (Å²) in [6.45, 7) is 0. The average molecular weight is 167 g/mol. The molecule has 0 unspecified atom stereocenters. The zero-order valence-corrected chi connectivity index (χ0v) is 6.90. The smallest absolute Gasteiger partial charge is 0.0879 e. The van der Waals surface area contributed by atoms with Crippen molar-refractivity contribution in [2.45, 2.75) is 19.3 Å². The van der Waals surface area contributed by atoms with Crippen LogP contribution in [0.5, 0.6) is 0 Å². The zero-order valence-electron chi connectivity index (χ0n) is 6.08. The van der Waals surface area contributed by atoms with E-state index in [-0.39, 0.29) is 0 Å². The van der Waals surface area contributed by atoms with Crippen molar-refractivity contribution in [1.29, 1.82) is 0 Å².